The number of H-pyrrole nitrogens is 1. The lowest BCUT2D eigenvalue weighted by Gasteiger charge is -2.43. The number of aromatic amines is 1. The van der Waals surface area contributed by atoms with Crippen LogP contribution in [0.15, 0.2) is 112 Å². The van der Waals surface area contributed by atoms with Gasteiger partial charge in [-0.05, 0) is 40.9 Å². The predicted octanol–water partition coefficient (Wildman–Crippen LogP) is 4.87. The number of hydrogen-bond donors (Lipinski definition) is 1. The molecule has 3 unspecified atom stereocenters. The van der Waals surface area contributed by atoms with Gasteiger partial charge >= 0.3 is 5.69 Å². The molecule has 1 aliphatic rings. The van der Waals surface area contributed by atoms with Crippen molar-refractivity contribution in [3.05, 3.63) is 124 Å². The van der Waals surface area contributed by atoms with Crippen LogP contribution in [0.1, 0.15) is 39.0 Å². The lowest BCUT2D eigenvalue weighted by molar-refractivity contribution is -0.0204. The number of nitrogens with one attached hydrogen (secondary N) is 1. The molecule has 6 nitrogen and oxygen atoms in total. The fourth-order valence-electron chi connectivity index (χ4n) is 5.60. The van der Waals surface area contributed by atoms with Crippen LogP contribution >= 0.6 is 11.8 Å². The van der Waals surface area contributed by atoms with E-state index >= 15 is 0 Å². The van der Waals surface area contributed by atoms with E-state index in [1.54, 1.807) is 24.9 Å². The molecule has 0 aliphatic carbocycles. The van der Waals surface area contributed by atoms with Crippen LogP contribution in [-0.2, 0) is 9.16 Å². The number of aryl methyl sites for hydroxylation is 1. The lowest BCUT2D eigenvalue weighted by Crippen LogP contribution is -2.67. The third-order valence-electron chi connectivity index (χ3n) is 7.50. The Morgan fingerprint density at radius 1 is 0.925 bits per heavy atom. The molecule has 5 rings (SSSR count). The highest BCUT2D eigenvalue weighted by atomic mass is 32.2. The molecule has 0 spiro atoms. The van der Waals surface area contributed by atoms with Crippen molar-refractivity contribution in [2.75, 3.05) is 6.61 Å². The van der Waals surface area contributed by atoms with E-state index in [-0.39, 0.29) is 22.0 Å². The zero-order chi connectivity index (χ0) is 28.3. The zero-order valence-electron chi connectivity index (χ0n) is 23.4. The molecule has 8 heteroatoms. The summed E-state index contributed by atoms with van der Waals surface area (Å²) in [6, 6.07) is 31.2. The van der Waals surface area contributed by atoms with Gasteiger partial charge in [0.25, 0.3) is 13.9 Å². The fourth-order valence-corrected chi connectivity index (χ4v) is 11.5. The van der Waals surface area contributed by atoms with E-state index in [1.807, 2.05) is 30.3 Å². The van der Waals surface area contributed by atoms with E-state index in [4.69, 9.17) is 9.16 Å². The van der Waals surface area contributed by atoms with E-state index in [0.29, 0.717) is 18.6 Å². The monoisotopic (exact) mass is 572 g/mol. The van der Waals surface area contributed by atoms with E-state index in [9.17, 15) is 9.59 Å². The first kappa shape index (κ1) is 28.4. The third-order valence-corrected chi connectivity index (χ3v) is 13.8. The van der Waals surface area contributed by atoms with Crippen molar-refractivity contribution in [1.29, 1.82) is 0 Å². The summed E-state index contributed by atoms with van der Waals surface area (Å²) in [5.41, 5.74) is -0.371. The number of aromatic nitrogens is 2. The minimum absolute atomic E-state index is 0.0434. The van der Waals surface area contributed by atoms with Crippen LogP contribution in [0.25, 0.3) is 0 Å². The second-order valence-electron chi connectivity index (χ2n) is 11.3. The van der Waals surface area contributed by atoms with Crippen molar-refractivity contribution in [3.63, 3.8) is 0 Å². The Balaban J connectivity index is 1.49. The molecule has 0 saturated carbocycles. The molecule has 0 bridgehead atoms. The van der Waals surface area contributed by atoms with Gasteiger partial charge in [-0.25, -0.2) is 4.79 Å². The third kappa shape index (κ3) is 5.67. The minimum atomic E-state index is -2.74. The Kier molecular flexibility index (Phi) is 8.33. The van der Waals surface area contributed by atoms with Gasteiger partial charge in [-0.2, -0.15) is 0 Å². The SMILES string of the molecule is Cc1cn(C2OC(CO[Si](c3ccccc3)(c3ccccc3)C(C)(C)C)CC2Sc2ccccc2)c(=O)[nH]c1=O. The largest absolute Gasteiger partial charge is 0.405 e. The number of thioether (sulfide) groups is 1. The average Bonchev–Trinajstić information content (AvgIpc) is 3.34. The van der Waals surface area contributed by atoms with Crippen molar-refractivity contribution in [3.8, 4) is 0 Å². The van der Waals surface area contributed by atoms with Gasteiger partial charge in [0.2, 0.25) is 0 Å². The topological polar surface area (TPSA) is 73.3 Å². The number of ether oxygens (including phenoxy) is 1. The molecule has 3 atom stereocenters. The van der Waals surface area contributed by atoms with Gasteiger partial charge in [0.1, 0.15) is 0 Å². The van der Waals surface area contributed by atoms with Crippen LogP contribution < -0.4 is 21.6 Å². The molecule has 208 valence electrons. The van der Waals surface area contributed by atoms with Gasteiger partial charge in [-0.15, -0.1) is 11.8 Å². The van der Waals surface area contributed by atoms with Crippen LogP contribution in [0.3, 0.4) is 0 Å². The van der Waals surface area contributed by atoms with Crippen molar-refractivity contribution in [2.45, 2.75) is 61.6 Å². The van der Waals surface area contributed by atoms with Gasteiger partial charge in [0.15, 0.2) is 6.23 Å². The molecule has 0 radical (unpaired) electrons. The van der Waals surface area contributed by atoms with Crippen molar-refractivity contribution in [1.82, 2.24) is 9.55 Å². The molecule has 1 N–H and O–H groups in total. The Labute approximate surface area is 240 Å². The number of benzene rings is 3. The van der Waals surface area contributed by atoms with Crippen molar-refractivity contribution < 1.29 is 9.16 Å². The van der Waals surface area contributed by atoms with E-state index in [0.717, 1.165) is 4.90 Å². The summed E-state index contributed by atoms with van der Waals surface area (Å²) in [4.78, 5) is 28.5. The quantitative estimate of drug-likeness (QED) is 0.305. The highest BCUT2D eigenvalue weighted by molar-refractivity contribution is 8.00. The first-order chi connectivity index (χ1) is 19.2. The Morgan fingerprint density at radius 2 is 1.48 bits per heavy atom. The molecule has 3 aromatic carbocycles. The lowest BCUT2D eigenvalue weighted by atomic mass is 10.2. The number of nitrogens with zero attached hydrogens (tertiary/aromatic N) is 1. The van der Waals surface area contributed by atoms with E-state index < -0.39 is 20.2 Å². The first-order valence-electron chi connectivity index (χ1n) is 13.6. The normalized spacial score (nSPS) is 19.6. The van der Waals surface area contributed by atoms with Gasteiger partial charge < -0.3 is 9.16 Å². The molecule has 1 aliphatic heterocycles. The second-order valence-corrected chi connectivity index (χ2v) is 16.9. The summed E-state index contributed by atoms with van der Waals surface area (Å²) in [6.45, 7) is 8.87. The number of hydrogen-bond acceptors (Lipinski definition) is 5. The van der Waals surface area contributed by atoms with Crippen LogP contribution in [-0.4, -0.2) is 35.8 Å². The van der Waals surface area contributed by atoms with Crippen LogP contribution in [0.4, 0.5) is 0 Å². The van der Waals surface area contributed by atoms with Crippen LogP contribution in [0.5, 0.6) is 0 Å². The summed E-state index contributed by atoms with van der Waals surface area (Å²) in [7, 11) is -2.74. The van der Waals surface area contributed by atoms with Gasteiger partial charge in [0.05, 0.1) is 18.0 Å². The van der Waals surface area contributed by atoms with E-state index in [2.05, 4.69) is 86.4 Å². The molecular weight excluding hydrogens is 537 g/mol. The molecule has 2 heterocycles. The second kappa shape index (κ2) is 11.7. The van der Waals surface area contributed by atoms with Crippen LogP contribution in [0.2, 0.25) is 5.04 Å². The van der Waals surface area contributed by atoms with Crippen molar-refractivity contribution >= 4 is 30.5 Å². The Hall–Kier alpha value is -3.17. The predicted molar refractivity (Wildman–Crippen MR) is 164 cm³/mol. The highest BCUT2D eigenvalue weighted by Gasteiger charge is 2.51. The van der Waals surface area contributed by atoms with Crippen LogP contribution in [0, 0.1) is 6.92 Å². The average molecular weight is 573 g/mol. The maximum Gasteiger partial charge on any atom is 0.330 e. The maximum absolute atomic E-state index is 12.9. The van der Waals surface area contributed by atoms with Gasteiger partial charge in [0, 0.05) is 16.7 Å². The highest BCUT2D eigenvalue weighted by Crippen LogP contribution is 2.42. The summed E-state index contributed by atoms with van der Waals surface area (Å²) < 4.78 is 15.3. The summed E-state index contributed by atoms with van der Waals surface area (Å²) >= 11 is 1.69. The summed E-state index contributed by atoms with van der Waals surface area (Å²) in [5.74, 6) is 0. The van der Waals surface area contributed by atoms with E-state index in [1.165, 1.54) is 14.9 Å². The maximum atomic E-state index is 12.9. The summed E-state index contributed by atoms with van der Waals surface area (Å²) in [6.07, 6.45) is 1.54. The molecular formula is C32H36N2O4SSi. The smallest absolute Gasteiger partial charge is 0.330 e. The standard InChI is InChI=1S/C32H36N2O4SSi/c1-23-21-34(31(36)33-29(23)35)30-28(39-25-14-8-5-9-15-25)20-24(38-30)22-37-40(32(2,3)4,26-16-10-6-11-17-26)27-18-12-7-13-19-27/h5-19,21,24,28,30H,20,22H2,1-4H3,(H,33,35,36). The Morgan fingerprint density at radius 3 is 2.02 bits per heavy atom. The zero-order valence-corrected chi connectivity index (χ0v) is 25.2. The van der Waals surface area contributed by atoms with Gasteiger partial charge in [-0.1, -0.05) is 99.6 Å². The fraction of sp³-hybridized carbons (Fsp3) is 0.312. The molecule has 1 fully saturated rings. The molecule has 1 aromatic heterocycles. The molecule has 4 aromatic rings. The minimum Gasteiger partial charge on any atom is -0.405 e. The first-order valence-corrected chi connectivity index (χ1v) is 16.4. The summed E-state index contributed by atoms with van der Waals surface area (Å²) in [5, 5.41) is 2.23. The van der Waals surface area contributed by atoms with Crippen molar-refractivity contribution in [2.24, 2.45) is 0 Å². The Bertz CT molecular complexity index is 1500. The molecule has 0 amide bonds. The molecule has 40 heavy (non-hydrogen) atoms. The number of rotatable bonds is 8. The van der Waals surface area contributed by atoms with Gasteiger partial charge in [-0.3, -0.25) is 14.3 Å². The molecule has 1 saturated heterocycles.